The van der Waals surface area contributed by atoms with Crippen LogP contribution in [-0.2, 0) is 0 Å². The highest BCUT2D eigenvalue weighted by Gasteiger charge is 1.97. The van der Waals surface area contributed by atoms with Crippen molar-refractivity contribution in [2.75, 3.05) is 34.2 Å². The van der Waals surface area contributed by atoms with E-state index in [1.54, 1.807) is 7.05 Å². The fourth-order valence-electron chi connectivity index (χ4n) is 0.864. The highest BCUT2D eigenvalue weighted by Crippen LogP contribution is 1.83. The van der Waals surface area contributed by atoms with Crippen LogP contribution in [0.15, 0.2) is 4.99 Å². The number of nitrogens with one attached hydrogen (secondary N) is 2. The van der Waals surface area contributed by atoms with Crippen molar-refractivity contribution < 1.29 is 0 Å². The minimum absolute atomic E-state index is 0.340. The lowest BCUT2D eigenvalue weighted by atomic mass is 10.4. The van der Waals surface area contributed by atoms with Crippen molar-refractivity contribution in [2.24, 2.45) is 16.5 Å². The molecule has 0 rings (SSSR count). The number of aliphatic imine (C=N–C) groups is 1. The average Bonchev–Trinajstić information content (AvgIpc) is 2.12. The molecule has 6 nitrogen and oxygen atoms in total. The zero-order valence-corrected chi connectivity index (χ0v) is 9.25. The summed E-state index contributed by atoms with van der Waals surface area (Å²) in [6, 6.07) is 0. The highest BCUT2D eigenvalue weighted by molar-refractivity contribution is 5.77. The van der Waals surface area contributed by atoms with Crippen LogP contribution >= 0.6 is 0 Å². The minimum Gasteiger partial charge on any atom is -0.370 e. The number of rotatable bonds is 6. The molecule has 0 aromatic rings. The van der Waals surface area contributed by atoms with Gasteiger partial charge < -0.3 is 16.0 Å². The van der Waals surface area contributed by atoms with Gasteiger partial charge in [0.25, 0.3) is 0 Å². The monoisotopic (exact) mass is 202 g/mol. The van der Waals surface area contributed by atoms with Crippen molar-refractivity contribution in [3.05, 3.63) is 0 Å². The summed E-state index contributed by atoms with van der Waals surface area (Å²) in [5.74, 6) is 0.380. The molecule has 0 saturated heterocycles. The SMILES string of the molecule is CNC(N)NC(N)=NCCCN(C)C. The lowest BCUT2D eigenvalue weighted by molar-refractivity contribution is 0.403. The van der Waals surface area contributed by atoms with Gasteiger partial charge in [-0.1, -0.05) is 0 Å². The molecule has 0 bridgehead atoms. The molecule has 0 saturated carbocycles. The van der Waals surface area contributed by atoms with E-state index in [1.807, 2.05) is 14.1 Å². The van der Waals surface area contributed by atoms with Gasteiger partial charge in [0.1, 0.15) is 6.29 Å². The lowest BCUT2D eigenvalue weighted by Gasteiger charge is -2.13. The zero-order chi connectivity index (χ0) is 11.0. The zero-order valence-electron chi connectivity index (χ0n) is 9.25. The minimum atomic E-state index is -0.340. The van der Waals surface area contributed by atoms with E-state index >= 15 is 0 Å². The van der Waals surface area contributed by atoms with Gasteiger partial charge in [-0.25, -0.2) is 0 Å². The Morgan fingerprint density at radius 1 is 1.50 bits per heavy atom. The molecule has 6 heteroatoms. The molecule has 0 radical (unpaired) electrons. The summed E-state index contributed by atoms with van der Waals surface area (Å²) in [6.45, 7) is 1.72. The first kappa shape index (κ1) is 13.2. The highest BCUT2D eigenvalue weighted by atomic mass is 15.3. The average molecular weight is 202 g/mol. The molecule has 0 aliphatic carbocycles. The maximum Gasteiger partial charge on any atom is 0.190 e. The summed E-state index contributed by atoms with van der Waals surface area (Å²) in [7, 11) is 5.81. The first-order valence-corrected chi connectivity index (χ1v) is 4.70. The Kier molecular flexibility index (Phi) is 7.09. The second-order valence-corrected chi connectivity index (χ2v) is 3.33. The summed E-state index contributed by atoms with van der Waals surface area (Å²) in [5, 5.41) is 5.60. The van der Waals surface area contributed by atoms with Crippen molar-refractivity contribution in [1.29, 1.82) is 0 Å². The third kappa shape index (κ3) is 7.78. The van der Waals surface area contributed by atoms with E-state index in [0.717, 1.165) is 13.0 Å². The fraction of sp³-hybridized carbons (Fsp3) is 0.875. The Labute approximate surface area is 85.7 Å². The molecule has 0 spiro atoms. The molecule has 0 heterocycles. The van der Waals surface area contributed by atoms with E-state index in [1.165, 1.54) is 0 Å². The first-order valence-electron chi connectivity index (χ1n) is 4.70. The van der Waals surface area contributed by atoms with Crippen LogP contribution in [0.3, 0.4) is 0 Å². The van der Waals surface area contributed by atoms with Crippen LogP contribution in [0.4, 0.5) is 0 Å². The van der Waals surface area contributed by atoms with E-state index in [-0.39, 0.29) is 6.29 Å². The van der Waals surface area contributed by atoms with Crippen LogP contribution in [0.1, 0.15) is 6.42 Å². The number of hydrogen-bond donors (Lipinski definition) is 4. The largest absolute Gasteiger partial charge is 0.370 e. The second-order valence-electron chi connectivity index (χ2n) is 3.33. The third-order valence-corrected chi connectivity index (χ3v) is 1.66. The Bertz CT molecular complexity index is 167. The second kappa shape index (κ2) is 7.54. The van der Waals surface area contributed by atoms with E-state index in [0.29, 0.717) is 12.5 Å². The summed E-state index contributed by atoms with van der Waals surface area (Å²) in [6.07, 6.45) is 0.650. The molecule has 0 fully saturated rings. The van der Waals surface area contributed by atoms with E-state index in [9.17, 15) is 0 Å². The van der Waals surface area contributed by atoms with Crippen molar-refractivity contribution >= 4 is 5.96 Å². The van der Waals surface area contributed by atoms with Gasteiger partial charge in [-0.2, -0.15) is 0 Å². The molecular weight excluding hydrogens is 180 g/mol. The normalized spacial score (nSPS) is 14.5. The fourth-order valence-corrected chi connectivity index (χ4v) is 0.864. The number of guanidine groups is 1. The van der Waals surface area contributed by atoms with Gasteiger partial charge in [-0.15, -0.1) is 0 Å². The van der Waals surface area contributed by atoms with Crippen LogP contribution in [0.25, 0.3) is 0 Å². The van der Waals surface area contributed by atoms with E-state index < -0.39 is 0 Å². The number of nitrogens with two attached hydrogens (primary N) is 2. The van der Waals surface area contributed by atoms with Crippen LogP contribution < -0.4 is 22.1 Å². The molecule has 0 aromatic heterocycles. The molecule has 1 atom stereocenters. The predicted molar refractivity (Wildman–Crippen MR) is 59.8 cm³/mol. The summed E-state index contributed by atoms with van der Waals surface area (Å²) in [4.78, 5) is 6.23. The van der Waals surface area contributed by atoms with Gasteiger partial charge >= 0.3 is 0 Å². The smallest absolute Gasteiger partial charge is 0.190 e. The van der Waals surface area contributed by atoms with Crippen LogP contribution in [-0.4, -0.2) is 51.4 Å². The molecule has 84 valence electrons. The van der Waals surface area contributed by atoms with Crippen LogP contribution in [0.2, 0.25) is 0 Å². The van der Waals surface area contributed by atoms with Gasteiger partial charge in [-0.3, -0.25) is 16.0 Å². The van der Waals surface area contributed by atoms with Gasteiger partial charge in [0, 0.05) is 6.54 Å². The molecule has 14 heavy (non-hydrogen) atoms. The molecule has 0 aliphatic heterocycles. The number of nitrogens with zero attached hydrogens (tertiary/aromatic N) is 2. The first-order chi connectivity index (χ1) is 6.56. The van der Waals surface area contributed by atoms with Crippen molar-refractivity contribution in [2.45, 2.75) is 12.7 Å². The summed E-state index contributed by atoms with van der Waals surface area (Å²) < 4.78 is 0. The molecule has 0 aliphatic rings. The molecule has 0 amide bonds. The lowest BCUT2D eigenvalue weighted by Crippen LogP contribution is -2.52. The van der Waals surface area contributed by atoms with Crippen molar-refractivity contribution in [3.8, 4) is 0 Å². The maximum atomic E-state index is 5.57. The molecular formula is C8H22N6. The Morgan fingerprint density at radius 3 is 2.64 bits per heavy atom. The topological polar surface area (TPSA) is 91.7 Å². The van der Waals surface area contributed by atoms with Gasteiger partial charge in [0.05, 0.1) is 0 Å². The number of hydrogen-bond acceptors (Lipinski definition) is 4. The van der Waals surface area contributed by atoms with Crippen molar-refractivity contribution in [3.63, 3.8) is 0 Å². The van der Waals surface area contributed by atoms with E-state index in [2.05, 4.69) is 20.5 Å². The Hall–Kier alpha value is -0.850. The predicted octanol–water partition coefficient (Wildman–Crippen LogP) is -1.70. The van der Waals surface area contributed by atoms with Crippen LogP contribution in [0, 0.1) is 0 Å². The molecule has 6 N–H and O–H groups in total. The molecule has 0 aromatic carbocycles. The summed E-state index contributed by atoms with van der Waals surface area (Å²) in [5.41, 5.74) is 11.1. The van der Waals surface area contributed by atoms with Crippen molar-refractivity contribution in [1.82, 2.24) is 15.5 Å². The van der Waals surface area contributed by atoms with Gasteiger partial charge in [0.15, 0.2) is 5.96 Å². The third-order valence-electron chi connectivity index (χ3n) is 1.66. The van der Waals surface area contributed by atoms with Gasteiger partial charge in [0.2, 0.25) is 0 Å². The maximum absolute atomic E-state index is 5.57. The Morgan fingerprint density at radius 2 is 2.14 bits per heavy atom. The quantitative estimate of drug-likeness (QED) is 0.178. The van der Waals surface area contributed by atoms with Crippen LogP contribution in [0.5, 0.6) is 0 Å². The van der Waals surface area contributed by atoms with E-state index in [4.69, 9.17) is 11.5 Å². The molecule has 1 unspecified atom stereocenters. The summed E-state index contributed by atoms with van der Waals surface area (Å²) >= 11 is 0. The van der Waals surface area contributed by atoms with Gasteiger partial charge in [-0.05, 0) is 34.1 Å². The Balaban J connectivity index is 3.56. The standard InChI is InChI=1S/C8H22N6/c1-11-7(9)13-8(10)12-5-4-6-14(2)3/h7,11H,4-6,9H2,1-3H3,(H3,10,12,13).